The first-order valence-electron chi connectivity index (χ1n) is 10.4. The van der Waals surface area contributed by atoms with E-state index in [0.717, 1.165) is 36.4 Å². The highest BCUT2D eigenvalue weighted by molar-refractivity contribution is 5.72. The molecule has 0 saturated heterocycles. The van der Waals surface area contributed by atoms with Gasteiger partial charge in [0.2, 0.25) is 0 Å². The third-order valence-corrected chi connectivity index (χ3v) is 5.35. The molecule has 0 unspecified atom stereocenters. The molecule has 0 N–H and O–H groups in total. The van der Waals surface area contributed by atoms with Crippen molar-refractivity contribution < 1.29 is 35.1 Å². The van der Waals surface area contributed by atoms with E-state index in [1.165, 1.54) is 24.5 Å². The Kier molecular flexibility index (Phi) is 7.14. The number of benzene rings is 3. The van der Waals surface area contributed by atoms with E-state index in [4.69, 9.17) is 0 Å². The van der Waals surface area contributed by atoms with Crippen molar-refractivity contribution in [3.05, 3.63) is 113 Å². The maximum atomic E-state index is 14.8. The van der Waals surface area contributed by atoms with Crippen molar-refractivity contribution in [3.8, 4) is 22.3 Å². The lowest BCUT2D eigenvalue weighted by Crippen LogP contribution is -2.01. The molecule has 0 radical (unpaired) electrons. The zero-order valence-electron chi connectivity index (χ0n) is 18.1. The van der Waals surface area contributed by atoms with Gasteiger partial charge >= 0.3 is 6.08 Å². The molecule has 1 aromatic heterocycles. The molecule has 0 atom stereocenters. The lowest BCUT2D eigenvalue weighted by Gasteiger charge is -2.10. The predicted octanol–water partition coefficient (Wildman–Crippen LogP) is 7.83. The maximum absolute atomic E-state index is 14.8. The van der Waals surface area contributed by atoms with Crippen molar-refractivity contribution in [1.82, 2.24) is 9.97 Å². The van der Waals surface area contributed by atoms with Gasteiger partial charge in [-0.3, -0.25) is 0 Å². The van der Waals surface area contributed by atoms with Crippen LogP contribution in [0.5, 0.6) is 0 Å². The van der Waals surface area contributed by atoms with Crippen LogP contribution in [0.4, 0.5) is 35.1 Å². The fourth-order valence-electron chi connectivity index (χ4n) is 3.56. The van der Waals surface area contributed by atoms with Gasteiger partial charge in [-0.25, -0.2) is 36.3 Å². The van der Waals surface area contributed by atoms with Crippen LogP contribution in [-0.4, -0.2) is 9.97 Å². The quantitative estimate of drug-likeness (QED) is 0.197. The number of rotatable bonds is 6. The molecular weight excluding hydrogens is 492 g/mol. The summed E-state index contributed by atoms with van der Waals surface area (Å²) < 4.78 is 107. The molecule has 1 heterocycles. The Morgan fingerprint density at radius 3 is 1.69 bits per heavy atom. The molecule has 184 valence electrons. The monoisotopic (exact) mass is 506 g/mol. The number of nitrogens with zero attached hydrogens (tertiary/aromatic N) is 2. The van der Waals surface area contributed by atoms with Crippen LogP contribution in [0.2, 0.25) is 0 Å². The lowest BCUT2D eigenvalue weighted by atomic mass is 9.99. The summed E-state index contributed by atoms with van der Waals surface area (Å²) in [5, 5.41) is 0. The minimum atomic E-state index is -2.48. The van der Waals surface area contributed by atoms with Gasteiger partial charge in [0.1, 0.15) is 17.5 Å². The third-order valence-electron chi connectivity index (χ3n) is 5.35. The highest BCUT2D eigenvalue weighted by Gasteiger charge is 2.16. The molecule has 0 fully saturated rings. The molecule has 0 amide bonds. The highest BCUT2D eigenvalue weighted by Crippen LogP contribution is 2.32. The van der Waals surface area contributed by atoms with Crippen molar-refractivity contribution in [2.75, 3.05) is 0 Å². The largest absolute Gasteiger partial charge is 0.306 e. The van der Waals surface area contributed by atoms with Crippen LogP contribution in [0.15, 0.2) is 67.0 Å². The smallest absolute Gasteiger partial charge is 0.241 e. The van der Waals surface area contributed by atoms with Gasteiger partial charge in [-0.2, -0.15) is 8.78 Å². The molecule has 0 spiro atoms. The van der Waals surface area contributed by atoms with Gasteiger partial charge in [0, 0.05) is 29.9 Å². The van der Waals surface area contributed by atoms with Crippen molar-refractivity contribution in [2.24, 2.45) is 0 Å². The van der Waals surface area contributed by atoms with Gasteiger partial charge in [0.05, 0.1) is 5.56 Å². The summed E-state index contributed by atoms with van der Waals surface area (Å²) >= 11 is 0. The molecule has 0 bridgehead atoms. The zero-order valence-corrected chi connectivity index (χ0v) is 18.1. The summed E-state index contributed by atoms with van der Waals surface area (Å²) in [7, 11) is 0. The molecule has 0 aliphatic rings. The second kappa shape index (κ2) is 10.3. The summed E-state index contributed by atoms with van der Waals surface area (Å²) in [6.07, 6.45) is 0.125. The highest BCUT2D eigenvalue weighted by atomic mass is 19.3. The summed E-state index contributed by atoms with van der Waals surface area (Å²) in [5.74, 6) is -7.53. The van der Waals surface area contributed by atoms with E-state index in [9.17, 15) is 35.1 Å². The number of hydrogen-bond donors (Lipinski definition) is 0. The molecule has 4 rings (SSSR count). The minimum Gasteiger partial charge on any atom is -0.241 e. The van der Waals surface area contributed by atoms with Crippen molar-refractivity contribution >= 4 is 5.83 Å². The average molecular weight is 506 g/mol. The van der Waals surface area contributed by atoms with E-state index in [1.807, 2.05) is 0 Å². The molecule has 3 aromatic carbocycles. The molecule has 0 saturated carbocycles. The van der Waals surface area contributed by atoms with Gasteiger partial charge in [0.25, 0.3) is 0 Å². The van der Waals surface area contributed by atoms with E-state index < -0.39 is 46.6 Å². The van der Waals surface area contributed by atoms with Crippen LogP contribution in [0.1, 0.15) is 17.0 Å². The molecular formula is C26H14F8N2. The minimum absolute atomic E-state index is 0.0279. The number of hydrogen-bond acceptors (Lipinski definition) is 2. The molecule has 4 aromatic rings. The van der Waals surface area contributed by atoms with Crippen LogP contribution in [-0.2, 0) is 12.8 Å². The Bertz CT molecular complexity index is 1400. The predicted molar refractivity (Wildman–Crippen MR) is 117 cm³/mol. The van der Waals surface area contributed by atoms with Crippen molar-refractivity contribution in [1.29, 1.82) is 0 Å². The zero-order chi connectivity index (χ0) is 26.0. The first-order chi connectivity index (χ1) is 17.1. The number of aromatic nitrogens is 2. The van der Waals surface area contributed by atoms with E-state index in [-0.39, 0.29) is 46.5 Å². The van der Waals surface area contributed by atoms with Gasteiger partial charge in [-0.05, 0) is 47.4 Å². The Morgan fingerprint density at radius 2 is 1.17 bits per heavy atom. The Morgan fingerprint density at radius 1 is 0.611 bits per heavy atom. The van der Waals surface area contributed by atoms with Crippen LogP contribution in [0, 0.1) is 29.1 Å². The molecule has 0 aliphatic heterocycles. The second-order valence-corrected chi connectivity index (χ2v) is 7.73. The Balaban J connectivity index is 1.52. The standard InChI is InChI=1S/C26H14F8N2/c27-18-9-16(14-2-4-15(5-3-14)24(31)26(33)34)10-19(28)23(18)17-11-35-22(36-12-17)6-1-13-7-20(29)25(32)21(30)8-13/h2-5,7-12H,1,6H2. The lowest BCUT2D eigenvalue weighted by molar-refractivity contribution is 0.410. The fourth-order valence-corrected chi connectivity index (χ4v) is 3.56. The van der Waals surface area contributed by atoms with Crippen LogP contribution in [0.25, 0.3) is 28.1 Å². The van der Waals surface area contributed by atoms with Gasteiger partial charge in [-0.1, -0.05) is 24.3 Å². The Labute approximate surface area is 199 Å². The SMILES string of the molecule is FC(F)=C(F)c1ccc(-c2cc(F)c(-c3cnc(CCc4cc(F)c(F)c(F)c4)nc3)c(F)c2)cc1. The summed E-state index contributed by atoms with van der Waals surface area (Å²) in [6, 6.07) is 8.41. The van der Waals surface area contributed by atoms with Crippen molar-refractivity contribution in [2.45, 2.75) is 12.8 Å². The first-order valence-corrected chi connectivity index (χ1v) is 10.4. The third kappa shape index (κ3) is 5.27. The molecule has 10 heteroatoms. The molecule has 0 aliphatic carbocycles. The van der Waals surface area contributed by atoms with Crippen molar-refractivity contribution in [3.63, 3.8) is 0 Å². The van der Waals surface area contributed by atoms with E-state index in [2.05, 4.69) is 9.97 Å². The van der Waals surface area contributed by atoms with Gasteiger partial charge in [-0.15, -0.1) is 0 Å². The molecule has 2 nitrogen and oxygen atoms in total. The topological polar surface area (TPSA) is 25.8 Å². The van der Waals surface area contributed by atoms with Crippen LogP contribution < -0.4 is 0 Å². The number of halogens is 8. The van der Waals surface area contributed by atoms with Crippen LogP contribution >= 0.6 is 0 Å². The van der Waals surface area contributed by atoms with Gasteiger partial charge in [0.15, 0.2) is 23.3 Å². The normalized spacial score (nSPS) is 11.0. The summed E-state index contributed by atoms with van der Waals surface area (Å²) in [6.45, 7) is 0. The maximum Gasteiger partial charge on any atom is 0.306 e. The Hall–Kier alpha value is -4.08. The van der Waals surface area contributed by atoms with Crippen LogP contribution in [0.3, 0.4) is 0 Å². The van der Waals surface area contributed by atoms with E-state index in [1.54, 1.807) is 0 Å². The number of aryl methyl sites for hydroxylation is 2. The molecule has 36 heavy (non-hydrogen) atoms. The summed E-state index contributed by atoms with van der Waals surface area (Å²) in [4.78, 5) is 8.06. The summed E-state index contributed by atoms with van der Waals surface area (Å²) in [5.41, 5.74) is -0.188. The van der Waals surface area contributed by atoms with E-state index in [0.29, 0.717) is 0 Å². The first kappa shape index (κ1) is 25.0. The second-order valence-electron chi connectivity index (χ2n) is 7.73. The van der Waals surface area contributed by atoms with E-state index >= 15 is 0 Å². The van der Waals surface area contributed by atoms with Gasteiger partial charge < -0.3 is 0 Å². The fraction of sp³-hybridized carbons (Fsp3) is 0.0769. The average Bonchev–Trinajstić information content (AvgIpc) is 2.85.